The molecule has 0 saturated heterocycles. The Labute approximate surface area is 259 Å². The standard InChI is InChI=1S/C34H30N6O5/c1-39-18-28(31(38-39)40(2)32(41)23-16-35-20-36-17-23)22-13-11-21(12-14-22)15-30(33(42)43)37-34(44)45-19-29-26-9-5-3-7-24(26)25-8-4-6-10-27(25)29/h3-14,16-18,20,29-30H,15,19H2,1-2H3,(H,37,44)(H,42,43)/t30-/m0/s1. The number of carboxylic acid groups (broad SMARTS) is 1. The fourth-order valence-electron chi connectivity index (χ4n) is 5.67. The molecule has 5 aromatic rings. The van der Waals surface area contributed by atoms with Crippen molar-refractivity contribution >= 4 is 23.8 Å². The Kier molecular flexibility index (Phi) is 8.06. The quantitative estimate of drug-likeness (QED) is 0.248. The highest BCUT2D eigenvalue weighted by Crippen LogP contribution is 2.44. The topological polar surface area (TPSA) is 140 Å². The summed E-state index contributed by atoms with van der Waals surface area (Å²) in [5, 5.41) is 16.9. The van der Waals surface area contributed by atoms with Crippen LogP contribution in [0, 0.1) is 0 Å². The molecule has 0 fully saturated rings. The molecule has 6 rings (SSSR count). The van der Waals surface area contributed by atoms with Crippen molar-refractivity contribution < 1.29 is 24.2 Å². The number of nitrogens with zero attached hydrogens (tertiary/aromatic N) is 5. The second-order valence-corrected chi connectivity index (χ2v) is 10.8. The summed E-state index contributed by atoms with van der Waals surface area (Å²) in [5.74, 6) is -1.17. The zero-order chi connectivity index (χ0) is 31.5. The Morgan fingerprint density at radius 2 is 1.56 bits per heavy atom. The smallest absolute Gasteiger partial charge is 0.407 e. The van der Waals surface area contributed by atoms with Crippen LogP contribution in [0.2, 0.25) is 0 Å². The van der Waals surface area contributed by atoms with E-state index in [4.69, 9.17) is 4.74 Å². The number of anilines is 1. The van der Waals surface area contributed by atoms with Gasteiger partial charge in [-0.05, 0) is 33.4 Å². The molecule has 2 N–H and O–H groups in total. The molecule has 2 amide bonds. The Hall–Kier alpha value is -5.84. The molecule has 3 aromatic carbocycles. The third kappa shape index (κ3) is 6.00. The van der Waals surface area contributed by atoms with Crippen LogP contribution in [0.3, 0.4) is 0 Å². The van der Waals surface area contributed by atoms with Gasteiger partial charge >= 0.3 is 12.1 Å². The number of aryl methyl sites for hydroxylation is 1. The second-order valence-electron chi connectivity index (χ2n) is 10.8. The fourth-order valence-corrected chi connectivity index (χ4v) is 5.67. The van der Waals surface area contributed by atoms with Crippen molar-refractivity contribution in [3.63, 3.8) is 0 Å². The van der Waals surface area contributed by atoms with Crippen LogP contribution in [0.1, 0.15) is 33.0 Å². The number of carbonyl (C=O) groups excluding carboxylic acids is 2. The molecular formula is C34H30N6O5. The number of aromatic nitrogens is 4. The van der Waals surface area contributed by atoms with Crippen molar-refractivity contribution in [1.29, 1.82) is 0 Å². The summed E-state index contributed by atoms with van der Waals surface area (Å²) >= 11 is 0. The molecule has 0 aliphatic heterocycles. The van der Waals surface area contributed by atoms with E-state index in [1.54, 1.807) is 37.1 Å². The first-order valence-corrected chi connectivity index (χ1v) is 14.3. The minimum Gasteiger partial charge on any atom is -0.480 e. The Morgan fingerprint density at radius 3 is 2.18 bits per heavy atom. The number of fused-ring (bicyclic) bond motifs is 3. The van der Waals surface area contributed by atoms with E-state index in [-0.39, 0.29) is 24.9 Å². The van der Waals surface area contributed by atoms with Gasteiger partial charge in [-0.25, -0.2) is 19.6 Å². The number of carboxylic acids is 1. The number of ether oxygens (including phenoxy) is 1. The lowest BCUT2D eigenvalue weighted by Crippen LogP contribution is -2.42. The first-order valence-electron chi connectivity index (χ1n) is 14.3. The van der Waals surface area contributed by atoms with Gasteiger partial charge in [0.05, 0.1) is 5.56 Å². The van der Waals surface area contributed by atoms with E-state index in [9.17, 15) is 19.5 Å². The van der Waals surface area contributed by atoms with Crippen LogP contribution < -0.4 is 10.2 Å². The minimum atomic E-state index is -1.20. The number of nitrogens with one attached hydrogen (secondary N) is 1. The van der Waals surface area contributed by atoms with Crippen LogP contribution in [0.5, 0.6) is 0 Å². The van der Waals surface area contributed by atoms with Crippen molar-refractivity contribution in [2.24, 2.45) is 7.05 Å². The molecular weight excluding hydrogens is 572 g/mol. The number of benzene rings is 3. The molecule has 0 spiro atoms. The van der Waals surface area contributed by atoms with Gasteiger partial charge in [-0.1, -0.05) is 72.8 Å². The summed E-state index contributed by atoms with van der Waals surface area (Å²) in [6.45, 7) is 0.0859. The monoisotopic (exact) mass is 602 g/mol. The lowest BCUT2D eigenvalue weighted by molar-refractivity contribution is -0.139. The van der Waals surface area contributed by atoms with Crippen LogP contribution in [-0.2, 0) is 23.0 Å². The summed E-state index contributed by atoms with van der Waals surface area (Å²) in [6, 6.07) is 22.0. The zero-order valence-electron chi connectivity index (χ0n) is 24.6. The number of aliphatic carboxylic acids is 1. The normalized spacial score (nSPS) is 12.6. The lowest BCUT2D eigenvalue weighted by Gasteiger charge is -2.18. The number of hydrogen-bond acceptors (Lipinski definition) is 7. The van der Waals surface area contributed by atoms with Crippen molar-refractivity contribution in [3.05, 3.63) is 120 Å². The van der Waals surface area contributed by atoms with Gasteiger partial charge in [0.15, 0.2) is 5.82 Å². The third-order valence-corrected chi connectivity index (χ3v) is 7.88. The summed E-state index contributed by atoms with van der Waals surface area (Å²) in [5.41, 5.74) is 6.88. The van der Waals surface area contributed by atoms with E-state index in [1.165, 1.54) is 23.6 Å². The number of rotatable bonds is 9. The van der Waals surface area contributed by atoms with Gasteiger partial charge < -0.3 is 15.2 Å². The number of amides is 2. The van der Waals surface area contributed by atoms with Gasteiger partial charge in [0.25, 0.3) is 5.91 Å². The molecule has 2 aromatic heterocycles. The van der Waals surface area contributed by atoms with Gasteiger partial charge in [-0.3, -0.25) is 14.4 Å². The molecule has 45 heavy (non-hydrogen) atoms. The molecule has 2 heterocycles. The van der Waals surface area contributed by atoms with E-state index in [0.717, 1.165) is 27.8 Å². The van der Waals surface area contributed by atoms with Crippen LogP contribution in [0.25, 0.3) is 22.3 Å². The molecule has 11 heteroatoms. The van der Waals surface area contributed by atoms with Crippen LogP contribution in [0.4, 0.5) is 10.6 Å². The Bertz CT molecular complexity index is 1830. The number of hydrogen-bond donors (Lipinski definition) is 2. The molecule has 0 unspecified atom stereocenters. The van der Waals surface area contributed by atoms with Crippen LogP contribution in [0.15, 0.2) is 97.7 Å². The highest BCUT2D eigenvalue weighted by molar-refractivity contribution is 6.06. The molecule has 1 atom stereocenters. The summed E-state index contributed by atoms with van der Waals surface area (Å²) in [7, 11) is 3.39. The van der Waals surface area contributed by atoms with Crippen molar-refractivity contribution in [1.82, 2.24) is 25.1 Å². The summed E-state index contributed by atoms with van der Waals surface area (Å²) in [4.78, 5) is 47.1. The minimum absolute atomic E-state index is 0.0477. The molecule has 226 valence electrons. The van der Waals surface area contributed by atoms with Gasteiger partial charge in [0, 0.05) is 50.6 Å². The van der Waals surface area contributed by atoms with E-state index < -0.39 is 18.1 Å². The SMILES string of the molecule is CN(C(=O)c1cncnc1)c1nn(C)cc1-c1ccc(C[C@H](NC(=O)OCC2c3ccccc3-c3ccccc32)C(=O)O)cc1. The molecule has 1 aliphatic carbocycles. The van der Waals surface area contributed by atoms with Gasteiger partial charge in [0.1, 0.15) is 19.0 Å². The van der Waals surface area contributed by atoms with Crippen LogP contribution in [-0.4, -0.2) is 62.5 Å². The average Bonchev–Trinajstić information content (AvgIpc) is 3.61. The maximum absolute atomic E-state index is 13.0. The zero-order valence-corrected chi connectivity index (χ0v) is 24.6. The lowest BCUT2D eigenvalue weighted by atomic mass is 9.98. The predicted octanol–water partition coefficient (Wildman–Crippen LogP) is 4.69. The maximum Gasteiger partial charge on any atom is 0.407 e. The largest absolute Gasteiger partial charge is 0.480 e. The van der Waals surface area contributed by atoms with E-state index in [1.807, 2.05) is 60.7 Å². The van der Waals surface area contributed by atoms with Gasteiger partial charge in [-0.2, -0.15) is 5.10 Å². The number of carbonyl (C=O) groups is 3. The molecule has 1 aliphatic rings. The first kappa shape index (κ1) is 29.2. The second kappa shape index (κ2) is 12.4. The molecule has 0 bridgehead atoms. The molecule has 0 saturated carbocycles. The van der Waals surface area contributed by atoms with E-state index in [0.29, 0.717) is 22.5 Å². The maximum atomic E-state index is 13.0. The van der Waals surface area contributed by atoms with Crippen molar-refractivity contribution in [2.45, 2.75) is 18.4 Å². The number of alkyl carbamates (subject to hydrolysis) is 1. The summed E-state index contributed by atoms with van der Waals surface area (Å²) < 4.78 is 7.18. The highest BCUT2D eigenvalue weighted by Gasteiger charge is 2.30. The average molecular weight is 603 g/mol. The van der Waals surface area contributed by atoms with Crippen LogP contribution >= 0.6 is 0 Å². The van der Waals surface area contributed by atoms with Crippen molar-refractivity contribution in [2.75, 3.05) is 18.6 Å². The molecule has 11 nitrogen and oxygen atoms in total. The molecule has 0 radical (unpaired) electrons. The highest BCUT2D eigenvalue weighted by atomic mass is 16.5. The summed E-state index contributed by atoms with van der Waals surface area (Å²) in [6.07, 6.45) is 5.29. The van der Waals surface area contributed by atoms with Gasteiger partial charge in [-0.15, -0.1) is 0 Å². The van der Waals surface area contributed by atoms with Gasteiger partial charge in [0.2, 0.25) is 0 Å². The fraction of sp³-hybridized carbons (Fsp3) is 0.176. The Balaban J connectivity index is 1.11. The van der Waals surface area contributed by atoms with E-state index >= 15 is 0 Å². The Morgan fingerprint density at radius 1 is 0.933 bits per heavy atom. The first-order chi connectivity index (χ1) is 21.8. The van der Waals surface area contributed by atoms with E-state index in [2.05, 4.69) is 20.4 Å². The third-order valence-electron chi connectivity index (χ3n) is 7.88. The predicted molar refractivity (Wildman–Crippen MR) is 167 cm³/mol. The van der Waals surface area contributed by atoms with Crippen molar-refractivity contribution in [3.8, 4) is 22.3 Å².